The molecule has 3 N–H and O–H groups in total. The predicted molar refractivity (Wildman–Crippen MR) is 113 cm³/mol. The molecule has 1 amide bonds. The first-order valence-corrected chi connectivity index (χ1v) is 9.20. The molecule has 1 aromatic heterocycles. The van der Waals surface area contributed by atoms with Crippen molar-refractivity contribution in [1.29, 1.82) is 0 Å². The maximum atomic E-state index is 12.1. The van der Waals surface area contributed by atoms with Crippen molar-refractivity contribution >= 4 is 17.6 Å². The van der Waals surface area contributed by atoms with Crippen molar-refractivity contribution in [3.8, 4) is 5.75 Å². The van der Waals surface area contributed by atoms with E-state index in [9.17, 15) is 4.79 Å². The molecule has 0 saturated carbocycles. The van der Waals surface area contributed by atoms with Gasteiger partial charge in [0.2, 0.25) is 0 Å². The van der Waals surface area contributed by atoms with E-state index < -0.39 is 0 Å². The molecule has 150 valence electrons. The fourth-order valence-electron chi connectivity index (χ4n) is 2.79. The third-order valence-electron chi connectivity index (χ3n) is 4.25. The number of nitrogens with one attached hydrogen (secondary N) is 3. The molecule has 0 fully saturated rings. The van der Waals surface area contributed by atoms with E-state index in [1.54, 1.807) is 26.3 Å². The van der Waals surface area contributed by atoms with Crippen LogP contribution < -0.4 is 20.7 Å². The lowest BCUT2D eigenvalue weighted by atomic mass is 10.2. The Labute approximate surface area is 169 Å². The van der Waals surface area contributed by atoms with Gasteiger partial charge in [-0.2, -0.15) is 0 Å². The van der Waals surface area contributed by atoms with Gasteiger partial charge in [0, 0.05) is 31.4 Å². The largest absolute Gasteiger partial charge is 0.496 e. The molecule has 0 saturated heterocycles. The van der Waals surface area contributed by atoms with Gasteiger partial charge in [-0.05, 0) is 35.9 Å². The Morgan fingerprint density at radius 1 is 1.03 bits per heavy atom. The third kappa shape index (κ3) is 5.62. The van der Waals surface area contributed by atoms with Gasteiger partial charge in [-0.25, -0.2) is 0 Å². The van der Waals surface area contributed by atoms with Crippen molar-refractivity contribution < 1.29 is 13.9 Å². The second-order valence-electron chi connectivity index (χ2n) is 6.22. The summed E-state index contributed by atoms with van der Waals surface area (Å²) < 4.78 is 10.5. The van der Waals surface area contributed by atoms with Crippen LogP contribution in [0.2, 0.25) is 0 Å². The molecule has 1 heterocycles. The summed E-state index contributed by atoms with van der Waals surface area (Å²) in [5, 5.41) is 9.37. The molecule has 0 atom stereocenters. The highest BCUT2D eigenvalue weighted by Gasteiger charge is 2.09. The van der Waals surface area contributed by atoms with Gasteiger partial charge in [-0.1, -0.05) is 30.3 Å². The highest BCUT2D eigenvalue weighted by atomic mass is 16.5. The maximum absolute atomic E-state index is 12.1. The summed E-state index contributed by atoms with van der Waals surface area (Å²) in [6, 6.07) is 18.7. The second kappa shape index (κ2) is 9.98. The Bertz CT molecular complexity index is 968. The van der Waals surface area contributed by atoms with Gasteiger partial charge in [-0.3, -0.25) is 9.79 Å². The minimum absolute atomic E-state index is 0.273. The normalized spacial score (nSPS) is 11.0. The van der Waals surface area contributed by atoms with Crippen LogP contribution in [-0.2, 0) is 13.1 Å². The molecule has 0 aliphatic carbocycles. The van der Waals surface area contributed by atoms with Gasteiger partial charge in [-0.15, -0.1) is 0 Å². The van der Waals surface area contributed by atoms with Crippen LogP contribution in [0.3, 0.4) is 0 Å². The number of carbonyl (C=O) groups is 1. The number of hydrogen-bond acceptors (Lipinski definition) is 4. The van der Waals surface area contributed by atoms with Crippen molar-refractivity contribution in [1.82, 2.24) is 10.6 Å². The number of guanidine groups is 1. The summed E-state index contributed by atoms with van der Waals surface area (Å²) in [7, 11) is 3.38. The molecule has 0 aliphatic heterocycles. The van der Waals surface area contributed by atoms with Gasteiger partial charge in [0.25, 0.3) is 5.91 Å². The van der Waals surface area contributed by atoms with E-state index in [1.807, 2.05) is 48.5 Å². The zero-order valence-electron chi connectivity index (χ0n) is 16.4. The number of anilines is 1. The molecular formula is C22H24N4O3. The van der Waals surface area contributed by atoms with E-state index in [2.05, 4.69) is 20.9 Å². The second-order valence-corrected chi connectivity index (χ2v) is 6.22. The standard InChI is InChI=1S/C22H24N4O3/c1-23-22(25-15-17-8-3-4-10-19(17)28-2)24-14-16-7-5-9-18(13-16)26-21(27)20-11-6-12-29-20/h3-13H,14-15H2,1-2H3,(H,26,27)(H2,23,24,25). The highest BCUT2D eigenvalue weighted by molar-refractivity contribution is 6.02. The summed E-state index contributed by atoms with van der Waals surface area (Å²) in [4.78, 5) is 16.4. The number of amides is 1. The number of nitrogens with zero attached hydrogens (tertiary/aromatic N) is 1. The van der Waals surface area contributed by atoms with E-state index in [0.29, 0.717) is 24.7 Å². The topological polar surface area (TPSA) is 87.9 Å². The molecule has 3 aromatic rings. The summed E-state index contributed by atoms with van der Waals surface area (Å²) >= 11 is 0. The Kier molecular flexibility index (Phi) is 6.89. The van der Waals surface area contributed by atoms with Crippen LogP contribution >= 0.6 is 0 Å². The number of aliphatic imine (C=N–C) groups is 1. The number of rotatable bonds is 7. The van der Waals surface area contributed by atoms with Crippen LogP contribution in [0, 0.1) is 0 Å². The number of benzene rings is 2. The lowest BCUT2D eigenvalue weighted by Crippen LogP contribution is -2.36. The number of para-hydroxylation sites is 1. The van der Waals surface area contributed by atoms with Crippen molar-refractivity contribution in [2.75, 3.05) is 19.5 Å². The fraction of sp³-hybridized carbons (Fsp3) is 0.182. The molecular weight excluding hydrogens is 368 g/mol. The van der Waals surface area contributed by atoms with Crippen molar-refractivity contribution in [2.45, 2.75) is 13.1 Å². The van der Waals surface area contributed by atoms with Crippen LogP contribution in [0.25, 0.3) is 0 Å². The quantitative estimate of drug-likeness (QED) is 0.424. The summed E-state index contributed by atoms with van der Waals surface area (Å²) in [6.45, 7) is 1.14. The van der Waals surface area contributed by atoms with Gasteiger partial charge >= 0.3 is 0 Å². The maximum Gasteiger partial charge on any atom is 0.291 e. The highest BCUT2D eigenvalue weighted by Crippen LogP contribution is 2.16. The fourth-order valence-corrected chi connectivity index (χ4v) is 2.79. The van der Waals surface area contributed by atoms with E-state index in [4.69, 9.17) is 9.15 Å². The minimum atomic E-state index is -0.283. The van der Waals surface area contributed by atoms with Crippen LogP contribution in [0.1, 0.15) is 21.7 Å². The molecule has 0 spiro atoms. The zero-order valence-corrected chi connectivity index (χ0v) is 16.4. The van der Waals surface area contributed by atoms with Crippen LogP contribution in [0.15, 0.2) is 76.3 Å². The zero-order chi connectivity index (χ0) is 20.5. The Morgan fingerprint density at radius 3 is 2.62 bits per heavy atom. The predicted octanol–water partition coefficient (Wildman–Crippen LogP) is 3.41. The summed E-state index contributed by atoms with van der Waals surface area (Å²) in [5.74, 6) is 1.49. The molecule has 2 aromatic carbocycles. The van der Waals surface area contributed by atoms with Crippen molar-refractivity contribution in [3.63, 3.8) is 0 Å². The number of furan rings is 1. The Morgan fingerprint density at radius 2 is 1.86 bits per heavy atom. The van der Waals surface area contributed by atoms with Crippen LogP contribution in [0.5, 0.6) is 5.75 Å². The first kappa shape index (κ1) is 20.0. The van der Waals surface area contributed by atoms with Crippen molar-refractivity contribution in [2.24, 2.45) is 4.99 Å². The number of methoxy groups -OCH3 is 1. The molecule has 0 bridgehead atoms. The molecule has 0 aliphatic rings. The van der Waals surface area contributed by atoms with E-state index in [1.165, 1.54) is 6.26 Å². The lowest BCUT2D eigenvalue weighted by Gasteiger charge is -2.14. The first-order chi connectivity index (χ1) is 14.2. The number of hydrogen-bond donors (Lipinski definition) is 3. The summed E-state index contributed by atoms with van der Waals surface area (Å²) in [5.41, 5.74) is 2.74. The Hall–Kier alpha value is -3.74. The smallest absolute Gasteiger partial charge is 0.291 e. The molecule has 0 unspecified atom stereocenters. The molecule has 3 rings (SSSR count). The van der Waals surface area contributed by atoms with Crippen molar-refractivity contribution in [3.05, 3.63) is 83.8 Å². The SMILES string of the molecule is CN=C(NCc1cccc(NC(=O)c2ccco2)c1)NCc1ccccc1OC. The van der Waals surface area contributed by atoms with Gasteiger partial charge in [0.15, 0.2) is 11.7 Å². The van der Waals surface area contributed by atoms with E-state index in [0.717, 1.165) is 16.9 Å². The molecule has 0 radical (unpaired) electrons. The minimum Gasteiger partial charge on any atom is -0.496 e. The average molecular weight is 392 g/mol. The van der Waals surface area contributed by atoms with Gasteiger partial charge in [0.1, 0.15) is 5.75 Å². The molecule has 7 nitrogen and oxygen atoms in total. The van der Waals surface area contributed by atoms with Gasteiger partial charge in [0.05, 0.1) is 13.4 Å². The summed E-state index contributed by atoms with van der Waals surface area (Å²) in [6.07, 6.45) is 1.47. The molecule has 7 heteroatoms. The van der Waals surface area contributed by atoms with E-state index in [-0.39, 0.29) is 11.7 Å². The first-order valence-electron chi connectivity index (χ1n) is 9.20. The van der Waals surface area contributed by atoms with Gasteiger partial charge < -0.3 is 25.1 Å². The van der Waals surface area contributed by atoms with Crippen LogP contribution in [-0.4, -0.2) is 26.0 Å². The average Bonchev–Trinajstić information content (AvgIpc) is 3.29. The molecule has 29 heavy (non-hydrogen) atoms. The van der Waals surface area contributed by atoms with E-state index >= 15 is 0 Å². The Balaban J connectivity index is 1.55. The monoisotopic (exact) mass is 392 g/mol. The van der Waals surface area contributed by atoms with Crippen LogP contribution in [0.4, 0.5) is 5.69 Å². The third-order valence-corrected chi connectivity index (χ3v) is 4.25. The lowest BCUT2D eigenvalue weighted by molar-refractivity contribution is 0.0996. The number of ether oxygens (including phenoxy) is 1. The number of carbonyl (C=O) groups excluding carboxylic acids is 1.